The second kappa shape index (κ2) is 5.23. The van der Waals surface area contributed by atoms with Crippen molar-refractivity contribution in [2.24, 2.45) is 12.8 Å². The second-order valence-corrected chi connectivity index (χ2v) is 4.49. The molecule has 0 atom stereocenters. The van der Waals surface area contributed by atoms with Crippen LogP contribution in [0, 0.1) is 13.8 Å². The molecule has 4 heteroatoms. The van der Waals surface area contributed by atoms with Crippen LogP contribution in [0.5, 0.6) is 5.75 Å². The van der Waals surface area contributed by atoms with E-state index < -0.39 is 0 Å². The van der Waals surface area contributed by atoms with Crippen LogP contribution in [-0.2, 0) is 20.2 Å². The highest BCUT2D eigenvalue weighted by molar-refractivity contribution is 5.36. The van der Waals surface area contributed by atoms with Crippen molar-refractivity contribution in [3.8, 4) is 5.75 Å². The summed E-state index contributed by atoms with van der Waals surface area (Å²) in [6.45, 7) is 5.06. The number of nitrogens with zero attached hydrogens (tertiary/aromatic N) is 2. The molecule has 0 aliphatic rings. The van der Waals surface area contributed by atoms with Crippen LogP contribution in [0.15, 0.2) is 24.3 Å². The first-order valence-electron chi connectivity index (χ1n) is 6.02. The monoisotopic (exact) mass is 245 g/mol. The third-order valence-electron chi connectivity index (χ3n) is 2.96. The molecule has 18 heavy (non-hydrogen) atoms. The van der Waals surface area contributed by atoms with Gasteiger partial charge in [-0.2, -0.15) is 5.10 Å². The number of ether oxygens (including phenoxy) is 1. The van der Waals surface area contributed by atoms with Crippen LogP contribution < -0.4 is 10.5 Å². The third kappa shape index (κ3) is 2.71. The lowest BCUT2D eigenvalue weighted by molar-refractivity contribution is 0.292. The molecule has 0 radical (unpaired) electrons. The van der Waals surface area contributed by atoms with E-state index in [-0.39, 0.29) is 0 Å². The van der Waals surface area contributed by atoms with Crippen molar-refractivity contribution in [1.82, 2.24) is 9.78 Å². The van der Waals surface area contributed by atoms with Gasteiger partial charge in [-0.15, -0.1) is 0 Å². The molecule has 0 aliphatic carbocycles. The van der Waals surface area contributed by atoms with Crippen LogP contribution in [0.1, 0.15) is 22.5 Å². The highest BCUT2D eigenvalue weighted by Crippen LogP contribution is 2.20. The van der Waals surface area contributed by atoms with E-state index in [0.717, 1.165) is 28.3 Å². The van der Waals surface area contributed by atoms with E-state index in [4.69, 9.17) is 10.5 Å². The molecule has 1 heterocycles. The van der Waals surface area contributed by atoms with Gasteiger partial charge in [0.05, 0.1) is 11.4 Å². The molecular weight excluding hydrogens is 226 g/mol. The van der Waals surface area contributed by atoms with Crippen LogP contribution in [0.3, 0.4) is 0 Å². The summed E-state index contributed by atoms with van der Waals surface area (Å²) in [4.78, 5) is 0. The maximum absolute atomic E-state index is 5.84. The number of benzene rings is 1. The normalized spacial score (nSPS) is 10.7. The van der Waals surface area contributed by atoms with Gasteiger partial charge in [0, 0.05) is 13.6 Å². The topological polar surface area (TPSA) is 53.1 Å². The molecular formula is C14H19N3O. The summed E-state index contributed by atoms with van der Waals surface area (Å²) in [5, 5.41) is 4.30. The molecule has 0 aliphatic heterocycles. The Hall–Kier alpha value is -1.81. The Labute approximate surface area is 107 Å². The Morgan fingerprint density at radius 2 is 2.06 bits per heavy atom. The number of aromatic nitrogens is 2. The average molecular weight is 245 g/mol. The summed E-state index contributed by atoms with van der Waals surface area (Å²) in [6.07, 6.45) is 0. The summed E-state index contributed by atoms with van der Waals surface area (Å²) in [5.74, 6) is 0.886. The minimum atomic E-state index is 0.520. The molecule has 4 nitrogen and oxygen atoms in total. The van der Waals surface area contributed by atoms with Crippen molar-refractivity contribution in [2.45, 2.75) is 27.0 Å². The van der Waals surface area contributed by atoms with Crippen molar-refractivity contribution in [1.29, 1.82) is 0 Å². The number of hydrogen-bond acceptors (Lipinski definition) is 3. The van der Waals surface area contributed by atoms with E-state index in [1.807, 2.05) is 49.8 Å². The Bertz CT molecular complexity index is 546. The van der Waals surface area contributed by atoms with Crippen LogP contribution in [0.2, 0.25) is 0 Å². The van der Waals surface area contributed by atoms with Gasteiger partial charge in [-0.25, -0.2) is 0 Å². The average Bonchev–Trinajstić information content (AvgIpc) is 2.67. The van der Waals surface area contributed by atoms with E-state index in [1.165, 1.54) is 0 Å². The fourth-order valence-corrected chi connectivity index (χ4v) is 1.88. The van der Waals surface area contributed by atoms with Crippen molar-refractivity contribution in [3.63, 3.8) is 0 Å². The lowest BCUT2D eigenvalue weighted by Gasteiger charge is -2.10. The van der Waals surface area contributed by atoms with Crippen LogP contribution in [-0.4, -0.2) is 9.78 Å². The minimum absolute atomic E-state index is 0.520. The summed E-state index contributed by atoms with van der Waals surface area (Å²) < 4.78 is 7.69. The van der Waals surface area contributed by atoms with Gasteiger partial charge in [0.15, 0.2) is 0 Å². The van der Waals surface area contributed by atoms with Gasteiger partial charge in [0.2, 0.25) is 0 Å². The minimum Gasteiger partial charge on any atom is -0.487 e. The second-order valence-electron chi connectivity index (χ2n) is 4.49. The summed E-state index contributed by atoms with van der Waals surface area (Å²) in [5.41, 5.74) is 9.89. The smallest absolute Gasteiger partial charge is 0.130 e. The van der Waals surface area contributed by atoms with Crippen LogP contribution in [0.25, 0.3) is 0 Å². The quantitative estimate of drug-likeness (QED) is 0.897. The molecule has 0 fully saturated rings. The van der Waals surface area contributed by atoms with E-state index in [0.29, 0.717) is 13.2 Å². The molecule has 0 bridgehead atoms. The maximum atomic E-state index is 5.84. The number of hydrogen-bond donors (Lipinski definition) is 1. The van der Waals surface area contributed by atoms with E-state index in [1.54, 1.807) is 0 Å². The molecule has 2 aromatic rings. The zero-order valence-corrected chi connectivity index (χ0v) is 11.1. The number of aryl methyl sites for hydroxylation is 3. The molecule has 2 N–H and O–H groups in total. The molecule has 1 aromatic heterocycles. The predicted molar refractivity (Wildman–Crippen MR) is 71.3 cm³/mol. The lowest BCUT2D eigenvalue weighted by Crippen LogP contribution is -2.04. The summed E-state index contributed by atoms with van der Waals surface area (Å²) in [6, 6.07) is 8.09. The molecule has 0 spiro atoms. The van der Waals surface area contributed by atoms with Gasteiger partial charge in [0.25, 0.3) is 0 Å². The van der Waals surface area contributed by atoms with Gasteiger partial charge in [-0.1, -0.05) is 12.1 Å². The highest BCUT2D eigenvalue weighted by Gasteiger charge is 2.05. The fraction of sp³-hybridized carbons (Fsp3) is 0.357. The third-order valence-corrected chi connectivity index (χ3v) is 2.96. The van der Waals surface area contributed by atoms with Crippen molar-refractivity contribution >= 4 is 0 Å². The molecule has 0 amide bonds. The lowest BCUT2D eigenvalue weighted by atomic mass is 10.1. The van der Waals surface area contributed by atoms with Gasteiger partial charge < -0.3 is 10.5 Å². The van der Waals surface area contributed by atoms with Crippen molar-refractivity contribution < 1.29 is 4.74 Å². The van der Waals surface area contributed by atoms with Crippen LogP contribution in [0.4, 0.5) is 0 Å². The Balaban J connectivity index is 2.12. The fourth-order valence-electron chi connectivity index (χ4n) is 1.88. The number of rotatable bonds is 4. The Morgan fingerprint density at radius 3 is 2.67 bits per heavy atom. The van der Waals surface area contributed by atoms with Gasteiger partial charge in [-0.3, -0.25) is 4.68 Å². The van der Waals surface area contributed by atoms with E-state index in [2.05, 4.69) is 5.10 Å². The molecule has 2 rings (SSSR count). The van der Waals surface area contributed by atoms with Gasteiger partial charge in [0.1, 0.15) is 12.4 Å². The molecule has 1 aromatic carbocycles. The molecule has 0 saturated heterocycles. The van der Waals surface area contributed by atoms with Gasteiger partial charge >= 0.3 is 0 Å². The zero-order chi connectivity index (χ0) is 13.1. The first-order chi connectivity index (χ1) is 8.60. The maximum Gasteiger partial charge on any atom is 0.130 e. The summed E-state index contributed by atoms with van der Waals surface area (Å²) in [7, 11) is 1.93. The Morgan fingerprint density at radius 1 is 1.28 bits per heavy atom. The van der Waals surface area contributed by atoms with Crippen molar-refractivity contribution in [3.05, 3.63) is 46.8 Å². The van der Waals surface area contributed by atoms with Gasteiger partial charge in [-0.05, 0) is 37.1 Å². The van der Waals surface area contributed by atoms with E-state index >= 15 is 0 Å². The van der Waals surface area contributed by atoms with Crippen molar-refractivity contribution in [2.75, 3.05) is 0 Å². The highest BCUT2D eigenvalue weighted by atomic mass is 16.5. The molecule has 0 unspecified atom stereocenters. The number of nitrogens with two attached hydrogens (primary N) is 1. The first-order valence-corrected chi connectivity index (χ1v) is 6.02. The standard InChI is InChI=1S/C14H19N3O/c1-10-4-5-12(8-15)7-14(10)18-9-13-6-11(2)16-17(13)3/h4-7H,8-9,15H2,1-3H3. The summed E-state index contributed by atoms with van der Waals surface area (Å²) >= 11 is 0. The molecule has 96 valence electrons. The largest absolute Gasteiger partial charge is 0.487 e. The SMILES string of the molecule is Cc1cc(COc2cc(CN)ccc2C)n(C)n1. The first kappa shape index (κ1) is 12.6. The molecule has 0 saturated carbocycles. The Kier molecular flexibility index (Phi) is 3.67. The predicted octanol–water partition coefficient (Wildman–Crippen LogP) is 2.07. The van der Waals surface area contributed by atoms with Crippen LogP contribution >= 0.6 is 0 Å². The van der Waals surface area contributed by atoms with E-state index in [9.17, 15) is 0 Å². The zero-order valence-electron chi connectivity index (χ0n) is 11.1.